The Morgan fingerprint density at radius 1 is 1.30 bits per heavy atom. The molecule has 0 spiro atoms. The van der Waals surface area contributed by atoms with E-state index in [0.29, 0.717) is 18.4 Å². The van der Waals surface area contributed by atoms with Gasteiger partial charge >= 0.3 is 0 Å². The predicted molar refractivity (Wildman–Crippen MR) is 83.6 cm³/mol. The van der Waals surface area contributed by atoms with Crippen molar-refractivity contribution in [1.82, 2.24) is 0 Å². The summed E-state index contributed by atoms with van der Waals surface area (Å²) in [5.41, 5.74) is -1.87. The molecule has 5 heteroatoms. The third-order valence-electron chi connectivity index (χ3n) is 5.74. The summed E-state index contributed by atoms with van der Waals surface area (Å²) in [5.74, 6) is -1.68. The van der Waals surface area contributed by atoms with E-state index in [1.54, 1.807) is 6.08 Å². The Labute approximate surface area is 135 Å². The summed E-state index contributed by atoms with van der Waals surface area (Å²) in [4.78, 5) is 24.2. The summed E-state index contributed by atoms with van der Waals surface area (Å²) in [6.07, 6.45) is 4.47. The highest BCUT2D eigenvalue weighted by Gasteiger charge is 2.65. The van der Waals surface area contributed by atoms with Crippen molar-refractivity contribution in [2.45, 2.75) is 51.2 Å². The van der Waals surface area contributed by atoms with Gasteiger partial charge in [-0.2, -0.15) is 0 Å². The minimum Gasteiger partial charge on any atom is -0.504 e. The van der Waals surface area contributed by atoms with Crippen molar-refractivity contribution in [1.29, 1.82) is 0 Å². The van der Waals surface area contributed by atoms with Crippen LogP contribution in [0.1, 0.15) is 39.5 Å². The zero-order valence-corrected chi connectivity index (χ0v) is 13.4. The molecule has 3 aliphatic carbocycles. The molecule has 1 saturated carbocycles. The van der Waals surface area contributed by atoms with Gasteiger partial charge in [0.15, 0.2) is 11.5 Å². The molecule has 0 heterocycles. The van der Waals surface area contributed by atoms with E-state index in [9.17, 15) is 24.9 Å². The first-order valence-electron chi connectivity index (χ1n) is 8.11. The Bertz CT molecular complexity index is 671. The largest absolute Gasteiger partial charge is 0.504 e. The van der Waals surface area contributed by atoms with Gasteiger partial charge in [0.2, 0.25) is 5.78 Å². The van der Waals surface area contributed by atoms with Gasteiger partial charge in [-0.1, -0.05) is 32.4 Å². The minimum atomic E-state index is -1.43. The van der Waals surface area contributed by atoms with Crippen LogP contribution in [0.2, 0.25) is 0 Å². The van der Waals surface area contributed by atoms with Gasteiger partial charge in [-0.15, -0.1) is 0 Å². The second-order valence-electron chi connectivity index (χ2n) is 6.85. The maximum absolute atomic E-state index is 12.3. The standard InChI is InChI=1S/C18H22O5/c1-3-7-17-14-11(4-5-12(19)15(14)21)9-10(2)18(17,23)8-6-13(20)16(17)22/h4-5,9-10,16,21-23H,3,6-8H2,1-2H3. The van der Waals surface area contributed by atoms with E-state index in [1.807, 2.05) is 19.9 Å². The molecule has 0 aromatic carbocycles. The average molecular weight is 318 g/mol. The maximum atomic E-state index is 12.3. The fraction of sp³-hybridized carbons (Fsp3) is 0.556. The Kier molecular flexibility index (Phi) is 3.61. The number of ketones is 2. The van der Waals surface area contributed by atoms with E-state index in [0.717, 1.165) is 0 Å². The van der Waals surface area contributed by atoms with Crippen molar-refractivity contribution in [2.24, 2.45) is 11.3 Å². The third kappa shape index (κ3) is 1.86. The molecule has 3 aliphatic rings. The lowest BCUT2D eigenvalue weighted by molar-refractivity contribution is -0.185. The van der Waals surface area contributed by atoms with Crippen molar-refractivity contribution in [2.75, 3.05) is 0 Å². The Morgan fingerprint density at radius 3 is 2.65 bits per heavy atom. The fourth-order valence-corrected chi connectivity index (χ4v) is 4.65. The summed E-state index contributed by atoms with van der Waals surface area (Å²) >= 11 is 0. The first kappa shape index (κ1) is 16.1. The molecule has 4 atom stereocenters. The summed E-state index contributed by atoms with van der Waals surface area (Å²) in [5, 5.41) is 32.6. The van der Waals surface area contributed by atoms with Gasteiger partial charge in [-0.25, -0.2) is 0 Å². The van der Waals surface area contributed by atoms with Crippen molar-refractivity contribution in [3.8, 4) is 0 Å². The SMILES string of the molecule is CCCC12C3=C(O)C(=O)C=CC3=CC(C)C1(O)CCC(=O)C2O. The quantitative estimate of drug-likeness (QED) is 0.721. The van der Waals surface area contributed by atoms with Crippen LogP contribution < -0.4 is 0 Å². The molecule has 23 heavy (non-hydrogen) atoms. The van der Waals surface area contributed by atoms with Crippen LogP contribution >= 0.6 is 0 Å². The number of rotatable bonds is 2. The summed E-state index contributed by atoms with van der Waals surface area (Å²) in [7, 11) is 0. The summed E-state index contributed by atoms with van der Waals surface area (Å²) in [6, 6.07) is 0. The number of fused-ring (bicyclic) bond motifs is 3. The van der Waals surface area contributed by atoms with Gasteiger partial charge in [-0.3, -0.25) is 9.59 Å². The molecule has 4 unspecified atom stereocenters. The van der Waals surface area contributed by atoms with Gasteiger partial charge in [0.25, 0.3) is 0 Å². The van der Waals surface area contributed by atoms with Crippen LogP contribution in [-0.2, 0) is 9.59 Å². The average Bonchev–Trinajstić information content (AvgIpc) is 2.51. The first-order valence-corrected chi connectivity index (χ1v) is 8.11. The molecule has 0 saturated heterocycles. The van der Waals surface area contributed by atoms with Crippen LogP contribution in [0.5, 0.6) is 0 Å². The topological polar surface area (TPSA) is 94.8 Å². The number of allylic oxidation sites excluding steroid dienone is 3. The number of carbonyl (C=O) groups excluding carboxylic acids is 2. The molecule has 1 fully saturated rings. The van der Waals surface area contributed by atoms with Crippen molar-refractivity contribution in [3.63, 3.8) is 0 Å². The highest BCUT2D eigenvalue weighted by molar-refractivity contribution is 6.06. The predicted octanol–water partition coefficient (Wildman–Crippen LogP) is 1.75. The molecule has 0 aromatic heterocycles. The summed E-state index contributed by atoms with van der Waals surface area (Å²) in [6.45, 7) is 3.74. The number of aliphatic hydroxyl groups is 3. The minimum absolute atomic E-state index is 0.0917. The highest BCUT2D eigenvalue weighted by Crippen LogP contribution is 2.60. The fourth-order valence-electron chi connectivity index (χ4n) is 4.65. The molecule has 5 nitrogen and oxygen atoms in total. The molecular formula is C18H22O5. The van der Waals surface area contributed by atoms with E-state index >= 15 is 0 Å². The molecule has 0 aromatic rings. The lowest BCUT2D eigenvalue weighted by atomic mass is 9.48. The molecule has 0 bridgehead atoms. The Hall–Kier alpha value is -1.72. The second-order valence-corrected chi connectivity index (χ2v) is 6.85. The smallest absolute Gasteiger partial charge is 0.220 e. The number of hydrogen-bond acceptors (Lipinski definition) is 5. The van der Waals surface area contributed by atoms with E-state index in [-0.39, 0.29) is 30.1 Å². The molecule has 3 rings (SSSR count). The number of hydrogen-bond donors (Lipinski definition) is 3. The van der Waals surface area contributed by atoms with Crippen molar-refractivity contribution >= 4 is 11.6 Å². The first-order chi connectivity index (χ1) is 10.8. The van der Waals surface area contributed by atoms with Gasteiger partial charge in [-0.05, 0) is 24.5 Å². The zero-order valence-electron chi connectivity index (χ0n) is 13.4. The molecule has 0 amide bonds. The van der Waals surface area contributed by atoms with Crippen LogP contribution in [0.25, 0.3) is 0 Å². The zero-order chi connectivity index (χ0) is 17.0. The van der Waals surface area contributed by atoms with Crippen LogP contribution in [0.4, 0.5) is 0 Å². The Morgan fingerprint density at radius 2 is 2.00 bits per heavy atom. The molecule has 124 valence electrons. The third-order valence-corrected chi connectivity index (χ3v) is 5.74. The monoisotopic (exact) mass is 318 g/mol. The van der Waals surface area contributed by atoms with Crippen LogP contribution in [0, 0.1) is 11.3 Å². The highest BCUT2D eigenvalue weighted by atomic mass is 16.3. The normalized spacial score (nSPS) is 39.9. The number of carbonyl (C=O) groups is 2. The number of aliphatic hydroxyl groups excluding tert-OH is 2. The van der Waals surface area contributed by atoms with Crippen molar-refractivity contribution < 1.29 is 24.9 Å². The van der Waals surface area contributed by atoms with Crippen LogP contribution in [0.15, 0.2) is 35.1 Å². The van der Waals surface area contributed by atoms with Crippen LogP contribution in [0.3, 0.4) is 0 Å². The molecule has 3 N–H and O–H groups in total. The van der Waals surface area contributed by atoms with Gasteiger partial charge in [0.05, 0.1) is 11.0 Å². The summed E-state index contributed by atoms with van der Waals surface area (Å²) < 4.78 is 0. The molecular weight excluding hydrogens is 296 g/mol. The lowest BCUT2D eigenvalue weighted by Gasteiger charge is -2.58. The van der Waals surface area contributed by atoms with Crippen LogP contribution in [-0.4, -0.2) is 38.6 Å². The molecule has 0 aliphatic heterocycles. The van der Waals surface area contributed by atoms with E-state index < -0.39 is 28.7 Å². The van der Waals surface area contributed by atoms with E-state index in [2.05, 4.69) is 0 Å². The van der Waals surface area contributed by atoms with Crippen molar-refractivity contribution in [3.05, 3.63) is 35.1 Å². The van der Waals surface area contributed by atoms with Gasteiger partial charge < -0.3 is 15.3 Å². The maximum Gasteiger partial charge on any atom is 0.220 e. The van der Waals surface area contributed by atoms with Gasteiger partial charge in [0, 0.05) is 17.9 Å². The van der Waals surface area contributed by atoms with Gasteiger partial charge in [0.1, 0.15) is 6.10 Å². The van der Waals surface area contributed by atoms with E-state index in [1.165, 1.54) is 6.08 Å². The Balaban J connectivity index is 2.36. The lowest BCUT2D eigenvalue weighted by Crippen LogP contribution is -2.66. The van der Waals surface area contributed by atoms with E-state index in [4.69, 9.17) is 0 Å². The molecule has 0 radical (unpaired) electrons. The number of Topliss-reactive ketones (excluding diaryl/α,β-unsaturated/α-hetero) is 1. The second kappa shape index (κ2) is 5.14.